The van der Waals surface area contributed by atoms with Gasteiger partial charge < -0.3 is 9.88 Å². The lowest BCUT2D eigenvalue weighted by molar-refractivity contribution is 0.161. The summed E-state index contributed by atoms with van der Waals surface area (Å²) >= 11 is 5.51. The molecule has 1 atom stereocenters. The van der Waals surface area contributed by atoms with E-state index in [0.29, 0.717) is 13.1 Å². The van der Waals surface area contributed by atoms with E-state index in [4.69, 9.17) is 12.2 Å². The quantitative estimate of drug-likeness (QED) is 0.792. The molecule has 0 aromatic carbocycles. The number of likely N-dealkylation sites (N-methyl/N-ethyl adjacent to an activating group) is 1. The normalized spacial score (nSPS) is 23.6. The van der Waals surface area contributed by atoms with Gasteiger partial charge in [0.1, 0.15) is 0 Å². The van der Waals surface area contributed by atoms with Crippen LogP contribution >= 0.6 is 12.2 Å². The van der Waals surface area contributed by atoms with Crippen molar-refractivity contribution in [2.75, 3.05) is 13.6 Å². The van der Waals surface area contributed by atoms with E-state index in [2.05, 4.69) is 31.0 Å². The summed E-state index contributed by atoms with van der Waals surface area (Å²) in [4.78, 5) is 19.9. The van der Waals surface area contributed by atoms with E-state index in [1.54, 1.807) is 11.9 Å². The third-order valence-electron chi connectivity index (χ3n) is 4.17. The predicted molar refractivity (Wildman–Crippen MR) is 83.8 cm³/mol. The summed E-state index contributed by atoms with van der Waals surface area (Å²) in [6.07, 6.45) is 5.32. The lowest BCUT2D eigenvalue weighted by Gasteiger charge is -2.42. The lowest BCUT2D eigenvalue weighted by atomic mass is 9.90. The highest BCUT2D eigenvalue weighted by Gasteiger charge is 2.40. The van der Waals surface area contributed by atoms with Crippen LogP contribution in [0.3, 0.4) is 0 Å². The number of aromatic amines is 1. The highest BCUT2D eigenvalue weighted by Crippen LogP contribution is 2.31. The van der Waals surface area contributed by atoms with E-state index in [1.165, 1.54) is 10.8 Å². The van der Waals surface area contributed by atoms with Gasteiger partial charge in [0.15, 0.2) is 0 Å². The van der Waals surface area contributed by atoms with Crippen LogP contribution in [-0.2, 0) is 6.54 Å². The number of aromatic nitrogens is 1. The molecule has 1 aromatic rings. The molecule has 0 spiro atoms. The molecule has 1 unspecified atom stereocenters. The van der Waals surface area contributed by atoms with Gasteiger partial charge in [0.2, 0.25) is 0 Å². The number of hydrogen-bond acceptors (Lipinski definition) is 2. The van der Waals surface area contributed by atoms with Gasteiger partial charge in [-0.1, -0.05) is 31.3 Å². The van der Waals surface area contributed by atoms with Crippen LogP contribution in [0.25, 0.3) is 12.2 Å². The topological polar surface area (TPSA) is 39.3 Å². The maximum absolute atomic E-state index is 12.2. The minimum Gasteiger partial charge on any atom is -0.357 e. The Morgan fingerprint density at radius 1 is 1.50 bits per heavy atom. The number of hydrogen-bond donors (Lipinski definition) is 1. The Kier molecular flexibility index (Phi) is 3.17. The van der Waals surface area contributed by atoms with Crippen LogP contribution in [0.2, 0.25) is 0 Å². The molecule has 0 saturated carbocycles. The molecule has 2 bridgehead atoms. The molecule has 106 valence electrons. The third-order valence-corrected chi connectivity index (χ3v) is 4.73. The van der Waals surface area contributed by atoms with Gasteiger partial charge in [-0.15, -0.1) is 0 Å². The number of urea groups is 1. The van der Waals surface area contributed by atoms with Crippen LogP contribution in [0.4, 0.5) is 4.79 Å². The van der Waals surface area contributed by atoms with Crippen molar-refractivity contribution >= 4 is 35.4 Å². The number of H-pyrrole nitrogens is 1. The van der Waals surface area contributed by atoms with Crippen molar-refractivity contribution in [3.63, 3.8) is 0 Å². The summed E-state index contributed by atoms with van der Waals surface area (Å²) in [7, 11) is 1.77. The van der Waals surface area contributed by atoms with Crippen molar-refractivity contribution in [1.82, 2.24) is 14.8 Å². The van der Waals surface area contributed by atoms with Crippen molar-refractivity contribution in [3.8, 4) is 0 Å². The molecule has 4 nitrogen and oxygen atoms in total. The summed E-state index contributed by atoms with van der Waals surface area (Å²) < 4.78 is 0. The minimum atomic E-state index is 0.00884. The van der Waals surface area contributed by atoms with Gasteiger partial charge in [-0.25, -0.2) is 4.79 Å². The highest BCUT2D eigenvalue weighted by molar-refractivity contribution is 7.80. The first-order chi connectivity index (χ1) is 9.58. The largest absolute Gasteiger partial charge is 0.357 e. The number of carbonyl (C=O) groups is 1. The Morgan fingerprint density at radius 2 is 2.25 bits per heavy atom. The average molecular weight is 289 g/mol. The fourth-order valence-corrected chi connectivity index (χ4v) is 3.53. The van der Waals surface area contributed by atoms with Crippen molar-refractivity contribution < 1.29 is 4.79 Å². The first kappa shape index (κ1) is 13.4. The molecule has 5 heteroatoms. The van der Waals surface area contributed by atoms with Crippen molar-refractivity contribution in [3.05, 3.63) is 21.8 Å². The Labute approximate surface area is 123 Å². The fourth-order valence-electron chi connectivity index (χ4n) is 3.26. The molecule has 20 heavy (non-hydrogen) atoms. The van der Waals surface area contributed by atoms with Crippen LogP contribution < -0.4 is 10.6 Å². The van der Waals surface area contributed by atoms with E-state index < -0.39 is 0 Å². The number of rotatable bonds is 1. The first-order valence-corrected chi connectivity index (χ1v) is 7.43. The molecule has 2 aliphatic rings. The number of carbonyl (C=O) groups excluding carboxylic acids is 1. The number of thiocarbonyl (C=S) groups is 1. The zero-order valence-electron chi connectivity index (χ0n) is 12.1. The van der Waals surface area contributed by atoms with Crippen LogP contribution in [-0.4, -0.2) is 39.4 Å². The Hall–Kier alpha value is -1.62. The summed E-state index contributed by atoms with van der Waals surface area (Å²) in [5.74, 6) is 0.137. The molecule has 1 aromatic heterocycles. The van der Waals surface area contributed by atoms with Crippen LogP contribution in [0, 0.1) is 0 Å². The summed E-state index contributed by atoms with van der Waals surface area (Å²) in [6.45, 7) is 5.54. The average Bonchev–Trinajstić information content (AvgIpc) is 2.80. The van der Waals surface area contributed by atoms with Crippen LogP contribution in [0.5, 0.6) is 0 Å². The van der Waals surface area contributed by atoms with E-state index in [1.807, 2.05) is 4.90 Å². The second kappa shape index (κ2) is 4.74. The standard InChI is InChI=1S/C15H19N3OS/c1-4-6-11-9(5-2)13-10-7-18(8-12(13)16-11)15(19)17(3)14(10)20/h5-6,10,16H,4,7-8H2,1-3H3/b9-5+,11-6+. The van der Waals surface area contributed by atoms with Gasteiger partial charge in [-0.2, -0.15) is 0 Å². The van der Waals surface area contributed by atoms with E-state index >= 15 is 0 Å². The molecule has 0 radical (unpaired) electrons. The molecule has 2 amide bonds. The highest BCUT2D eigenvalue weighted by atomic mass is 32.1. The number of fused-ring (bicyclic) bond motifs is 4. The molecule has 2 aliphatic heterocycles. The van der Waals surface area contributed by atoms with Crippen LogP contribution in [0.15, 0.2) is 0 Å². The van der Waals surface area contributed by atoms with Crippen molar-refractivity contribution in [2.24, 2.45) is 0 Å². The number of amides is 2. The molecule has 1 saturated heterocycles. The number of nitrogens with one attached hydrogen (secondary N) is 1. The second-order valence-electron chi connectivity index (χ2n) is 5.36. The zero-order chi connectivity index (χ0) is 14.4. The van der Waals surface area contributed by atoms with Crippen LogP contribution in [0.1, 0.15) is 37.4 Å². The van der Waals surface area contributed by atoms with Crippen molar-refractivity contribution in [1.29, 1.82) is 0 Å². The smallest absolute Gasteiger partial charge is 0.325 e. The van der Waals surface area contributed by atoms with E-state index in [0.717, 1.165) is 22.5 Å². The molecule has 1 N–H and O–H groups in total. The lowest BCUT2D eigenvalue weighted by Crippen LogP contribution is -2.56. The van der Waals surface area contributed by atoms with Gasteiger partial charge >= 0.3 is 6.03 Å². The molecule has 3 heterocycles. The molecular formula is C15H19N3OS. The molecular weight excluding hydrogens is 270 g/mol. The second-order valence-corrected chi connectivity index (χ2v) is 5.78. The van der Waals surface area contributed by atoms with Gasteiger partial charge in [0.05, 0.1) is 17.5 Å². The molecule has 1 fully saturated rings. The number of nitrogens with zero attached hydrogens (tertiary/aromatic N) is 2. The van der Waals surface area contributed by atoms with Crippen molar-refractivity contribution in [2.45, 2.75) is 32.7 Å². The Morgan fingerprint density at radius 3 is 2.90 bits per heavy atom. The maximum Gasteiger partial charge on any atom is 0.325 e. The fraction of sp³-hybridized carbons (Fsp3) is 0.467. The van der Waals surface area contributed by atoms with Gasteiger partial charge in [0.25, 0.3) is 0 Å². The van der Waals surface area contributed by atoms with Gasteiger partial charge in [0, 0.05) is 24.6 Å². The first-order valence-electron chi connectivity index (χ1n) is 7.02. The monoisotopic (exact) mass is 289 g/mol. The van der Waals surface area contributed by atoms with E-state index in [-0.39, 0.29) is 11.9 Å². The minimum absolute atomic E-state index is 0.00884. The molecule has 3 rings (SSSR count). The zero-order valence-corrected chi connectivity index (χ0v) is 12.9. The predicted octanol–water partition coefficient (Wildman–Crippen LogP) is 1.30. The third kappa shape index (κ3) is 1.73. The van der Waals surface area contributed by atoms with Gasteiger partial charge in [-0.3, -0.25) is 4.90 Å². The maximum atomic E-state index is 12.2. The Bertz CT molecular complexity index is 703. The van der Waals surface area contributed by atoms with Gasteiger partial charge in [-0.05, 0) is 24.1 Å². The Balaban J connectivity index is 2.24. The summed E-state index contributed by atoms with van der Waals surface area (Å²) in [5, 5.41) is 2.41. The molecule has 0 aliphatic carbocycles. The SMILES string of the molecule is C/C=c1/c2c([nH]/c1=C/CC)CN1CC2C(=S)N(C)C1=O. The van der Waals surface area contributed by atoms with E-state index in [9.17, 15) is 4.79 Å². The summed E-state index contributed by atoms with van der Waals surface area (Å²) in [6, 6.07) is 0.00884. The summed E-state index contributed by atoms with van der Waals surface area (Å²) in [5.41, 5.74) is 2.42.